The molecule has 0 heterocycles. The van der Waals surface area contributed by atoms with Gasteiger partial charge in [0.1, 0.15) is 24.4 Å². The average Bonchev–Trinajstić information content (AvgIpc) is 2.76. The molecule has 2 amide bonds. The number of amides is 2. The molecule has 0 saturated heterocycles. The largest absolute Gasteiger partial charge is 0.508 e. The van der Waals surface area contributed by atoms with Gasteiger partial charge in [-0.3, -0.25) is 9.59 Å². The molecule has 5 N–H and O–H groups in total. The highest BCUT2D eigenvalue weighted by Gasteiger charge is 2.27. The number of aromatic hydroxyl groups is 1. The number of carbonyl (C=O) groups is 4. The molecule has 10 nitrogen and oxygen atoms in total. The molecule has 0 unspecified atom stereocenters. The van der Waals surface area contributed by atoms with Crippen molar-refractivity contribution in [2.45, 2.75) is 38.0 Å². The van der Waals surface area contributed by atoms with Crippen LogP contribution in [0.25, 0.3) is 0 Å². The predicted octanol–water partition coefficient (Wildman–Crippen LogP) is 1.66. The zero-order chi connectivity index (χ0) is 23.5. The summed E-state index contributed by atoms with van der Waals surface area (Å²) >= 11 is 0. The van der Waals surface area contributed by atoms with E-state index >= 15 is 0 Å². The van der Waals surface area contributed by atoms with Crippen LogP contribution in [0.15, 0.2) is 54.6 Å². The topological polar surface area (TPSA) is 162 Å². The Balaban J connectivity index is 2.08. The van der Waals surface area contributed by atoms with Crippen LogP contribution in [0.4, 0.5) is 4.79 Å². The Morgan fingerprint density at radius 3 is 2.09 bits per heavy atom. The third-order valence-corrected chi connectivity index (χ3v) is 4.46. The number of phenols is 1. The summed E-state index contributed by atoms with van der Waals surface area (Å²) in [4.78, 5) is 47.2. The van der Waals surface area contributed by atoms with E-state index in [9.17, 15) is 29.4 Å². The molecule has 2 aromatic rings. The van der Waals surface area contributed by atoms with Crippen molar-refractivity contribution in [3.05, 3.63) is 65.7 Å². The molecule has 0 bridgehead atoms. The van der Waals surface area contributed by atoms with Crippen LogP contribution in [0, 0.1) is 0 Å². The zero-order valence-corrected chi connectivity index (χ0v) is 17.1. The lowest BCUT2D eigenvalue weighted by Crippen LogP contribution is -2.52. The molecular weight excluding hydrogens is 420 g/mol. The molecule has 32 heavy (non-hydrogen) atoms. The van der Waals surface area contributed by atoms with E-state index in [0.717, 1.165) is 5.56 Å². The van der Waals surface area contributed by atoms with Gasteiger partial charge in [0.2, 0.25) is 5.91 Å². The van der Waals surface area contributed by atoms with Crippen LogP contribution in [0.3, 0.4) is 0 Å². The molecule has 2 aromatic carbocycles. The number of aliphatic carboxylic acids is 2. The second kappa shape index (κ2) is 11.9. The molecule has 0 radical (unpaired) electrons. The van der Waals surface area contributed by atoms with E-state index in [1.165, 1.54) is 12.1 Å². The number of benzene rings is 2. The lowest BCUT2D eigenvalue weighted by atomic mass is 10.0. The van der Waals surface area contributed by atoms with E-state index in [1.807, 2.05) is 6.07 Å². The molecule has 2 atom stereocenters. The number of phenolic OH excluding ortho intramolecular Hbond substituents is 1. The van der Waals surface area contributed by atoms with Crippen molar-refractivity contribution >= 4 is 23.9 Å². The third kappa shape index (κ3) is 8.34. The third-order valence-electron chi connectivity index (χ3n) is 4.46. The van der Waals surface area contributed by atoms with Crippen molar-refractivity contribution in [2.24, 2.45) is 0 Å². The first-order valence-electron chi connectivity index (χ1n) is 9.74. The Hall–Kier alpha value is -4.08. The van der Waals surface area contributed by atoms with Crippen LogP contribution in [-0.4, -0.2) is 51.3 Å². The lowest BCUT2D eigenvalue weighted by Gasteiger charge is -2.21. The van der Waals surface area contributed by atoms with Gasteiger partial charge in [-0.25, -0.2) is 9.59 Å². The first-order valence-corrected chi connectivity index (χ1v) is 9.74. The van der Waals surface area contributed by atoms with Gasteiger partial charge in [-0.1, -0.05) is 42.5 Å². The smallest absolute Gasteiger partial charge is 0.408 e. The fourth-order valence-corrected chi connectivity index (χ4v) is 2.78. The highest BCUT2D eigenvalue weighted by Crippen LogP contribution is 2.12. The minimum Gasteiger partial charge on any atom is -0.508 e. The van der Waals surface area contributed by atoms with Gasteiger partial charge >= 0.3 is 18.0 Å². The number of carboxylic acids is 2. The number of hydrogen-bond acceptors (Lipinski definition) is 6. The fraction of sp³-hybridized carbons (Fsp3) is 0.273. The van der Waals surface area contributed by atoms with Gasteiger partial charge in [-0.05, 0) is 29.7 Å². The maximum atomic E-state index is 12.7. The second-order valence-electron chi connectivity index (χ2n) is 6.96. The van der Waals surface area contributed by atoms with E-state index in [-0.39, 0.29) is 25.2 Å². The molecular formula is C22H24N2O8. The minimum atomic E-state index is -1.44. The van der Waals surface area contributed by atoms with Crippen molar-refractivity contribution < 1.29 is 39.2 Å². The Labute approximate surface area is 183 Å². The van der Waals surface area contributed by atoms with E-state index in [0.29, 0.717) is 5.56 Å². The number of carbonyl (C=O) groups excluding carboxylic acids is 2. The highest BCUT2D eigenvalue weighted by atomic mass is 16.5. The molecule has 0 aliphatic heterocycles. The summed E-state index contributed by atoms with van der Waals surface area (Å²) in [7, 11) is 0. The van der Waals surface area contributed by atoms with Crippen LogP contribution in [0.5, 0.6) is 5.75 Å². The van der Waals surface area contributed by atoms with Crippen molar-refractivity contribution in [3.63, 3.8) is 0 Å². The Morgan fingerprint density at radius 1 is 0.844 bits per heavy atom. The first kappa shape index (κ1) is 24.2. The van der Waals surface area contributed by atoms with Crippen molar-refractivity contribution in [2.75, 3.05) is 0 Å². The van der Waals surface area contributed by atoms with Gasteiger partial charge in [0.05, 0.1) is 0 Å². The molecule has 0 spiro atoms. The monoisotopic (exact) mass is 444 g/mol. The van der Waals surface area contributed by atoms with Gasteiger partial charge in [-0.2, -0.15) is 0 Å². The quantitative estimate of drug-likeness (QED) is 0.349. The van der Waals surface area contributed by atoms with Crippen LogP contribution < -0.4 is 10.6 Å². The van der Waals surface area contributed by atoms with Crippen LogP contribution in [-0.2, 0) is 32.1 Å². The van der Waals surface area contributed by atoms with Gasteiger partial charge in [0, 0.05) is 12.8 Å². The fourth-order valence-electron chi connectivity index (χ4n) is 2.78. The molecule has 0 aliphatic carbocycles. The molecule has 0 saturated carbocycles. The van der Waals surface area contributed by atoms with Crippen molar-refractivity contribution in [1.29, 1.82) is 0 Å². The summed E-state index contributed by atoms with van der Waals surface area (Å²) in [5, 5.41) is 32.2. The SMILES string of the molecule is O=C(O)CC[C@@H](NC(=O)[C@@H](Cc1ccc(O)cc1)NC(=O)OCc1ccccc1)C(=O)O. The van der Waals surface area contributed by atoms with Gasteiger partial charge in [-0.15, -0.1) is 0 Å². The molecule has 10 heteroatoms. The van der Waals surface area contributed by atoms with Crippen molar-refractivity contribution in [3.8, 4) is 5.75 Å². The number of rotatable bonds is 11. The second-order valence-corrected chi connectivity index (χ2v) is 6.96. The van der Waals surface area contributed by atoms with E-state index in [1.54, 1.807) is 36.4 Å². The van der Waals surface area contributed by atoms with Crippen LogP contribution in [0.2, 0.25) is 0 Å². The van der Waals surface area contributed by atoms with Gasteiger partial charge < -0.3 is 30.7 Å². The normalized spacial score (nSPS) is 12.2. The lowest BCUT2D eigenvalue weighted by molar-refractivity contribution is -0.143. The first-order chi connectivity index (χ1) is 15.2. The molecule has 170 valence electrons. The molecule has 2 rings (SSSR count). The number of carboxylic acid groups (broad SMARTS) is 2. The van der Waals surface area contributed by atoms with Crippen molar-refractivity contribution in [1.82, 2.24) is 10.6 Å². The summed E-state index contributed by atoms with van der Waals surface area (Å²) in [5.74, 6) is -3.39. The van der Waals surface area contributed by atoms with Gasteiger partial charge in [0.15, 0.2) is 0 Å². The van der Waals surface area contributed by atoms with Gasteiger partial charge in [0.25, 0.3) is 0 Å². The number of hydrogen-bond donors (Lipinski definition) is 5. The van der Waals surface area contributed by atoms with Crippen LogP contribution >= 0.6 is 0 Å². The predicted molar refractivity (Wildman–Crippen MR) is 112 cm³/mol. The number of alkyl carbamates (subject to hydrolysis) is 1. The highest BCUT2D eigenvalue weighted by molar-refractivity contribution is 5.89. The maximum absolute atomic E-state index is 12.7. The van der Waals surface area contributed by atoms with E-state index in [4.69, 9.17) is 9.84 Å². The van der Waals surface area contributed by atoms with E-state index < -0.39 is 42.4 Å². The Morgan fingerprint density at radius 2 is 1.50 bits per heavy atom. The average molecular weight is 444 g/mol. The summed E-state index contributed by atoms with van der Waals surface area (Å²) in [6, 6.07) is 12.2. The Bertz CT molecular complexity index is 931. The summed E-state index contributed by atoms with van der Waals surface area (Å²) < 4.78 is 5.13. The summed E-state index contributed by atoms with van der Waals surface area (Å²) in [6.07, 6.45) is -1.67. The standard InChI is InChI=1S/C22H24N2O8/c25-16-8-6-14(7-9-16)12-18(20(28)23-17(21(29)30)10-11-19(26)27)24-22(31)32-13-15-4-2-1-3-5-15/h1-9,17-18,25H,10-13H2,(H,23,28)(H,24,31)(H,26,27)(H,29,30)/t17-,18-/m1/s1. The molecule has 0 aliphatic rings. The Kier molecular flexibility index (Phi) is 9.03. The molecule has 0 fully saturated rings. The summed E-state index contributed by atoms with van der Waals surface area (Å²) in [6.45, 7) is -0.0312. The zero-order valence-electron chi connectivity index (χ0n) is 17.1. The summed E-state index contributed by atoms with van der Waals surface area (Å²) in [5.41, 5.74) is 1.32. The number of ether oxygens (including phenoxy) is 1. The maximum Gasteiger partial charge on any atom is 0.408 e. The minimum absolute atomic E-state index is 0.0161. The van der Waals surface area contributed by atoms with Crippen LogP contribution in [0.1, 0.15) is 24.0 Å². The molecule has 0 aromatic heterocycles. The number of nitrogens with one attached hydrogen (secondary N) is 2. The van der Waals surface area contributed by atoms with E-state index in [2.05, 4.69) is 10.6 Å².